The average molecular weight is 385 g/mol. The zero-order valence-electron chi connectivity index (χ0n) is 13.8. The SMILES string of the molecule is CC(=O)NCc1cn(Cc2nc3sc(C)cc3c(=O)[nH]2)nc1C(F)(F)F. The van der Waals surface area contributed by atoms with Gasteiger partial charge in [-0.15, -0.1) is 11.3 Å². The summed E-state index contributed by atoms with van der Waals surface area (Å²) in [5.74, 6) is -0.248. The van der Waals surface area contributed by atoms with Gasteiger partial charge in [-0.3, -0.25) is 14.3 Å². The molecule has 0 fully saturated rings. The van der Waals surface area contributed by atoms with Gasteiger partial charge < -0.3 is 10.3 Å². The fourth-order valence-corrected chi connectivity index (χ4v) is 3.36. The van der Waals surface area contributed by atoms with E-state index in [1.165, 1.54) is 24.5 Å². The largest absolute Gasteiger partial charge is 0.435 e. The van der Waals surface area contributed by atoms with Crippen LogP contribution in [0.4, 0.5) is 13.2 Å². The van der Waals surface area contributed by atoms with Gasteiger partial charge in [0.25, 0.3) is 5.56 Å². The topological polar surface area (TPSA) is 92.7 Å². The molecule has 138 valence electrons. The van der Waals surface area contributed by atoms with E-state index in [1.807, 2.05) is 6.92 Å². The molecule has 7 nitrogen and oxygen atoms in total. The van der Waals surface area contributed by atoms with E-state index in [2.05, 4.69) is 20.4 Å². The number of aryl methyl sites for hydroxylation is 1. The smallest absolute Gasteiger partial charge is 0.352 e. The maximum Gasteiger partial charge on any atom is 0.435 e. The summed E-state index contributed by atoms with van der Waals surface area (Å²) in [7, 11) is 0. The molecule has 0 spiro atoms. The van der Waals surface area contributed by atoms with Crippen LogP contribution in [0.25, 0.3) is 10.2 Å². The number of fused-ring (bicyclic) bond motifs is 1. The van der Waals surface area contributed by atoms with Gasteiger partial charge >= 0.3 is 6.18 Å². The number of halogens is 3. The monoisotopic (exact) mass is 385 g/mol. The molecule has 0 atom stereocenters. The second-order valence-electron chi connectivity index (χ2n) is 5.70. The minimum Gasteiger partial charge on any atom is -0.352 e. The number of alkyl halides is 3. The Kier molecular flexibility index (Phi) is 4.57. The van der Waals surface area contributed by atoms with Gasteiger partial charge in [-0.2, -0.15) is 18.3 Å². The number of carbonyl (C=O) groups excluding carboxylic acids is 1. The average Bonchev–Trinajstić information content (AvgIpc) is 3.08. The molecule has 3 rings (SSSR count). The summed E-state index contributed by atoms with van der Waals surface area (Å²) in [6.45, 7) is 2.62. The predicted molar refractivity (Wildman–Crippen MR) is 88.8 cm³/mol. The summed E-state index contributed by atoms with van der Waals surface area (Å²) < 4.78 is 40.5. The molecule has 0 saturated heterocycles. The van der Waals surface area contributed by atoms with Crippen LogP contribution in [-0.4, -0.2) is 25.7 Å². The van der Waals surface area contributed by atoms with Crippen molar-refractivity contribution in [2.24, 2.45) is 0 Å². The molecule has 1 amide bonds. The zero-order chi connectivity index (χ0) is 19.1. The van der Waals surface area contributed by atoms with E-state index in [0.29, 0.717) is 10.2 Å². The lowest BCUT2D eigenvalue weighted by Gasteiger charge is -2.06. The highest BCUT2D eigenvalue weighted by atomic mass is 32.1. The summed E-state index contributed by atoms with van der Waals surface area (Å²) >= 11 is 1.33. The Labute approximate surface area is 148 Å². The first kappa shape index (κ1) is 18.1. The van der Waals surface area contributed by atoms with Crippen molar-refractivity contribution < 1.29 is 18.0 Å². The van der Waals surface area contributed by atoms with E-state index >= 15 is 0 Å². The van der Waals surface area contributed by atoms with Crippen LogP contribution in [0.2, 0.25) is 0 Å². The maximum atomic E-state index is 13.1. The molecule has 0 saturated carbocycles. The number of rotatable bonds is 4. The molecule has 0 aliphatic rings. The number of H-pyrrole nitrogens is 1. The van der Waals surface area contributed by atoms with Crippen molar-refractivity contribution in [2.75, 3.05) is 0 Å². The fraction of sp³-hybridized carbons (Fsp3) is 0.333. The third-order valence-electron chi connectivity index (χ3n) is 3.52. The number of carbonyl (C=O) groups is 1. The Hall–Kier alpha value is -2.69. The highest BCUT2D eigenvalue weighted by molar-refractivity contribution is 7.18. The highest BCUT2D eigenvalue weighted by Gasteiger charge is 2.37. The quantitative estimate of drug-likeness (QED) is 0.720. The molecular formula is C15H14F3N5O2S. The normalized spacial score (nSPS) is 11.9. The van der Waals surface area contributed by atoms with Crippen molar-refractivity contribution >= 4 is 27.5 Å². The van der Waals surface area contributed by atoms with Gasteiger partial charge in [-0.25, -0.2) is 4.98 Å². The third kappa shape index (κ3) is 3.77. The molecule has 3 heterocycles. The Morgan fingerprint density at radius 1 is 1.42 bits per heavy atom. The van der Waals surface area contributed by atoms with Gasteiger partial charge in [0.15, 0.2) is 5.69 Å². The van der Waals surface area contributed by atoms with Crippen LogP contribution in [0.3, 0.4) is 0 Å². The van der Waals surface area contributed by atoms with Crippen molar-refractivity contribution in [3.05, 3.63) is 44.6 Å². The fourth-order valence-electron chi connectivity index (χ4n) is 2.46. The van der Waals surface area contributed by atoms with Crippen molar-refractivity contribution in [1.29, 1.82) is 0 Å². The predicted octanol–water partition coefficient (Wildman–Crippen LogP) is 2.19. The van der Waals surface area contributed by atoms with Crippen molar-refractivity contribution in [3.63, 3.8) is 0 Å². The number of nitrogens with zero attached hydrogens (tertiary/aromatic N) is 3. The van der Waals surface area contributed by atoms with Crippen LogP contribution in [0.15, 0.2) is 17.1 Å². The lowest BCUT2D eigenvalue weighted by Crippen LogP contribution is -2.21. The van der Waals surface area contributed by atoms with E-state index < -0.39 is 17.8 Å². The van der Waals surface area contributed by atoms with E-state index in [1.54, 1.807) is 6.07 Å². The van der Waals surface area contributed by atoms with E-state index in [4.69, 9.17) is 0 Å². The Morgan fingerprint density at radius 3 is 2.81 bits per heavy atom. The van der Waals surface area contributed by atoms with Crippen molar-refractivity contribution in [1.82, 2.24) is 25.1 Å². The van der Waals surface area contributed by atoms with Crippen LogP contribution in [0.5, 0.6) is 0 Å². The van der Waals surface area contributed by atoms with Crippen LogP contribution in [-0.2, 0) is 24.1 Å². The van der Waals surface area contributed by atoms with Gasteiger partial charge in [0.2, 0.25) is 5.91 Å². The highest BCUT2D eigenvalue weighted by Crippen LogP contribution is 2.30. The Morgan fingerprint density at radius 2 is 2.15 bits per heavy atom. The molecule has 0 unspecified atom stereocenters. The van der Waals surface area contributed by atoms with Gasteiger partial charge in [0, 0.05) is 30.1 Å². The molecule has 0 aromatic carbocycles. The summed E-state index contributed by atoms with van der Waals surface area (Å²) in [5, 5.41) is 6.32. The Bertz CT molecular complexity index is 1030. The first-order chi connectivity index (χ1) is 12.1. The molecule has 3 aromatic rings. The molecule has 3 aromatic heterocycles. The first-order valence-corrected chi connectivity index (χ1v) is 8.32. The summed E-state index contributed by atoms with van der Waals surface area (Å²) in [6, 6.07) is 1.71. The molecule has 11 heteroatoms. The van der Waals surface area contributed by atoms with Crippen LogP contribution >= 0.6 is 11.3 Å². The minimum atomic E-state index is -4.66. The first-order valence-electron chi connectivity index (χ1n) is 7.51. The zero-order valence-corrected chi connectivity index (χ0v) is 14.6. The van der Waals surface area contributed by atoms with Gasteiger partial charge in [0.05, 0.1) is 11.9 Å². The number of aromatic amines is 1. The number of hydrogen-bond acceptors (Lipinski definition) is 5. The molecule has 0 aliphatic heterocycles. The summed E-state index contributed by atoms with van der Waals surface area (Å²) in [4.78, 5) is 31.3. The van der Waals surface area contributed by atoms with Crippen LogP contribution < -0.4 is 10.9 Å². The lowest BCUT2D eigenvalue weighted by atomic mass is 10.2. The van der Waals surface area contributed by atoms with Crippen molar-refractivity contribution in [3.8, 4) is 0 Å². The summed E-state index contributed by atoms with van der Waals surface area (Å²) in [6.07, 6.45) is -3.47. The second-order valence-corrected chi connectivity index (χ2v) is 6.93. The Balaban J connectivity index is 1.94. The van der Waals surface area contributed by atoms with Crippen molar-refractivity contribution in [2.45, 2.75) is 33.1 Å². The summed E-state index contributed by atoms with van der Waals surface area (Å²) in [5.41, 5.74) is -1.60. The molecule has 0 bridgehead atoms. The van der Waals surface area contributed by atoms with Crippen LogP contribution in [0, 0.1) is 6.92 Å². The minimum absolute atomic E-state index is 0.134. The molecule has 0 aliphatic carbocycles. The van der Waals surface area contributed by atoms with Gasteiger partial charge in [-0.1, -0.05) is 0 Å². The van der Waals surface area contributed by atoms with Gasteiger partial charge in [-0.05, 0) is 13.0 Å². The standard InChI is InChI=1S/C15H14F3N5O2S/c1-7-3-10-13(25)20-11(21-14(10)26-7)6-23-5-9(4-19-8(2)24)12(22-23)15(16,17)18/h3,5H,4,6H2,1-2H3,(H,19,24)(H,20,21,25). The molecule has 2 N–H and O–H groups in total. The number of amides is 1. The third-order valence-corrected chi connectivity index (χ3v) is 4.46. The number of hydrogen-bond donors (Lipinski definition) is 2. The molecular weight excluding hydrogens is 371 g/mol. The van der Waals surface area contributed by atoms with E-state index in [0.717, 1.165) is 9.56 Å². The second kappa shape index (κ2) is 6.56. The lowest BCUT2D eigenvalue weighted by molar-refractivity contribution is -0.142. The van der Waals surface area contributed by atoms with E-state index in [9.17, 15) is 22.8 Å². The number of thiophene rings is 1. The van der Waals surface area contributed by atoms with Gasteiger partial charge in [0.1, 0.15) is 10.7 Å². The molecule has 26 heavy (non-hydrogen) atoms. The number of nitrogens with one attached hydrogen (secondary N) is 2. The van der Waals surface area contributed by atoms with E-state index in [-0.39, 0.29) is 30.0 Å². The molecule has 0 radical (unpaired) electrons. The van der Waals surface area contributed by atoms with Crippen LogP contribution in [0.1, 0.15) is 28.9 Å². The maximum absolute atomic E-state index is 13.1. The number of aromatic nitrogens is 4.